The Bertz CT molecular complexity index is 993. The topological polar surface area (TPSA) is 75.5 Å². The van der Waals surface area contributed by atoms with Crippen LogP contribution in [0.3, 0.4) is 0 Å². The molecule has 7 heteroatoms. The van der Waals surface area contributed by atoms with Gasteiger partial charge >= 0.3 is 0 Å². The molecule has 164 valence electrons. The van der Waals surface area contributed by atoms with Crippen molar-refractivity contribution in [2.45, 2.75) is 45.6 Å². The number of hydrogen-bond acceptors (Lipinski definition) is 4. The van der Waals surface area contributed by atoms with Crippen LogP contribution in [-0.2, 0) is 16.1 Å². The van der Waals surface area contributed by atoms with Crippen LogP contribution < -0.4 is 10.5 Å². The lowest BCUT2D eigenvalue weighted by atomic mass is 9.95. The van der Waals surface area contributed by atoms with Gasteiger partial charge in [-0.05, 0) is 36.8 Å². The first-order valence-electron chi connectivity index (χ1n) is 11.1. The van der Waals surface area contributed by atoms with Gasteiger partial charge in [-0.2, -0.15) is 0 Å². The molecule has 0 radical (unpaired) electrons. The number of aromatic nitrogens is 2. The predicted octanol–water partition coefficient (Wildman–Crippen LogP) is 2.66. The molecule has 1 aromatic heterocycles. The quantitative estimate of drug-likeness (QED) is 0.742. The fourth-order valence-corrected chi connectivity index (χ4v) is 4.50. The highest BCUT2D eigenvalue weighted by atomic mass is 16.2. The van der Waals surface area contributed by atoms with Crippen LogP contribution in [0.25, 0.3) is 0 Å². The van der Waals surface area contributed by atoms with E-state index in [4.69, 9.17) is 0 Å². The third-order valence-corrected chi connectivity index (χ3v) is 6.42. The fourth-order valence-electron chi connectivity index (χ4n) is 4.50. The van der Waals surface area contributed by atoms with Gasteiger partial charge < -0.3 is 9.80 Å². The van der Waals surface area contributed by atoms with E-state index >= 15 is 0 Å². The molecule has 31 heavy (non-hydrogen) atoms. The zero-order valence-corrected chi connectivity index (χ0v) is 18.2. The lowest BCUT2D eigenvalue weighted by Gasteiger charge is -2.33. The molecule has 1 aromatic carbocycles. The Hall–Kier alpha value is -2.96. The number of hydrogen-bond donors (Lipinski definition) is 0. The number of piperidine rings is 1. The number of carbonyl (C=O) groups excluding carboxylic acids is 2. The number of likely N-dealkylation sites (tertiary alicyclic amines) is 1. The number of nitrogens with zero attached hydrogens (tertiary/aromatic N) is 4. The molecule has 0 saturated carbocycles. The third-order valence-electron chi connectivity index (χ3n) is 6.42. The minimum absolute atomic E-state index is 0.0103. The maximum Gasteiger partial charge on any atom is 0.253 e. The van der Waals surface area contributed by atoms with Crippen LogP contribution in [-0.4, -0.2) is 45.9 Å². The van der Waals surface area contributed by atoms with Crippen molar-refractivity contribution in [3.05, 3.63) is 58.8 Å². The maximum atomic E-state index is 13.0. The summed E-state index contributed by atoms with van der Waals surface area (Å²) < 4.78 is 1.68. The molecule has 0 aliphatic carbocycles. The van der Waals surface area contributed by atoms with Gasteiger partial charge in [-0.1, -0.05) is 32.0 Å². The second-order valence-electron chi connectivity index (χ2n) is 8.97. The molecule has 2 aliphatic heterocycles. The largest absolute Gasteiger partial charge is 0.342 e. The first-order valence-corrected chi connectivity index (χ1v) is 11.1. The third kappa shape index (κ3) is 4.70. The average molecular weight is 423 g/mol. The van der Waals surface area contributed by atoms with Crippen LogP contribution in [0, 0.1) is 11.8 Å². The van der Waals surface area contributed by atoms with Gasteiger partial charge in [-0.15, -0.1) is 0 Å². The van der Waals surface area contributed by atoms with E-state index in [1.54, 1.807) is 21.9 Å². The van der Waals surface area contributed by atoms with E-state index < -0.39 is 0 Å². The van der Waals surface area contributed by atoms with Crippen LogP contribution >= 0.6 is 0 Å². The van der Waals surface area contributed by atoms with Crippen LogP contribution in [0.5, 0.6) is 0 Å². The van der Waals surface area contributed by atoms with E-state index in [1.165, 1.54) is 0 Å². The van der Waals surface area contributed by atoms with Crippen molar-refractivity contribution in [2.24, 2.45) is 11.8 Å². The zero-order chi connectivity index (χ0) is 22.0. The van der Waals surface area contributed by atoms with Gasteiger partial charge in [-0.3, -0.25) is 19.0 Å². The Kier molecular flexibility index (Phi) is 6.20. The highest BCUT2D eigenvalue weighted by Gasteiger charge is 2.38. The normalized spacial score (nSPS) is 20.0. The lowest BCUT2D eigenvalue weighted by molar-refractivity contribution is -0.137. The molecule has 1 atom stereocenters. The zero-order valence-electron chi connectivity index (χ0n) is 18.2. The molecule has 2 fully saturated rings. The first kappa shape index (κ1) is 21.3. The molecule has 0 N–H and O–H groups in total. The smallest absolute Gasteiger partial charge is 0.253 e. The van der Waals surface area contributed by atoms with Crippen LogP contribution in [0.2, 0.25) is 0 Å². The van der Waals surface area contributed by atoms with Gasteiger partial charge in [-0.25, -0.2) is 4.98 Å². The lowest BCUT2D eigenvalue weighted by Crippen LogP contribution is -2.43. The molecule has 0 bridgehead atoms. The predicted molar refractivity (Wildman–Crippen MR) is 119 cm³/mol. The number of benzene rings is 1. The molecular weight excluding hydrogens is 392 g/mol. The summed E-state index contributed by atoms with van der Waals surface area (Å²) in [5, 5.41) is 0. The molecular formula is C24H30N4O3. The van der Waals surface area contributed by atoms with Gasteiger partial charge in [0.2, 0.25) is 11.8 Å². The van der Waals surface area contributed by atoms with Gasteiger partial charge in [0, 0.05) is 44.4 Å². The summed E-state index contributed by atoms with van der Waals surface area (Å²) in [6, 6.07) is 11.2. The van der Waals surface area contributed by atoms with E-state index in [0.717, 1.165) is 24.2 Å². The van der Waals surface area contributed by atoms with E-state index in [-0.39, 0.29) is 35.6 Å². The number of carbonyl (C=O) groups is 2. The summed E-state index contributed by atoms with van der Waals surface area (Å²) in [5.74, 6) is 0.387. The minimum atomic E-state index is -0.278. The second-order valence-corrected chi connectivity index (χ2v) is 8.97. The van der Waals surface area contributed by atoms with Crippen LogP contribution in [0.1, 0.15) is 44.7 Å². The van der Waals surface area contributed by atoms with Crippen molar-refractivity contribution in [3.8, 4) is 0 Å². The minimum Gasteiger partial charge on any atom is -0.342 e. The Balaban J connectivity index is 1.31. The number of anilines is 1. The van der Waals surface area contributed by atoms with Crippen molar-refractivity contribution in [3.63, 3.8) is 0 Å². The van der Waals surface area contributed by atoms with Crippen LogP contribution in [0.15, 0.2) is 47.5 Å². The number of para-hydroxylation sites is 1. The monoisotopic (exact) mass is 422 g/mol. The molecule has 0 spiro atoms. The maximum absolute atomic E-state index is 13.0. The van der Waals surface area contributed by atoms with Crippen molar-refractivity contribution in [1.29, 1.82) is 0 Å². The van der Waals surface area contributed by atoms with Crippen molar-refractivity contribution < 1.29 is 9.59 Å². The molecule has 3 heterocycles. The fraction of sp³-hybridized carbons (Fsp3) is 0.500. The Morgan fingerprint density at radius 2 is 1.84 bits per heavy atom. The highest BCUT2D eigenvalue weighted by molar-refractivity contribution is 6.00. The van der Waals surface area contributed by atoms with E-state index in [1.807, 2.05) is 49.1 Å². The van der Waals surface area contributed by atoms with Gasteiger partial charge in [0.1, 0.15) is 0 Å². The molecule has 2 amide bonds. The highest BCUT2D eigenvalue weighted by Crippen LogP contribution is 2.28. The Morgan fingerprint density at radius 1 is 1.13 bits per heavy atom. The van der Waals surface area contributed by atoms with Crippen molar-refractivity contribution in [2.75, 3.05) is 24.5 Å². The molecule has 1 unspecified atom stereocenters. The first-order chi connectivity index (χ1) is 14.9. The number of rotatable bonds is 5. The average Bonchev–Trinajstić information content (AvgIpc) is 3.17. The van der Waals surface area contributed by atoms with Gasteiger partial charge in [0.25, 0.3) is 5.56 Å². The molecule has 4 rings (SSSR count). The molecule has 2 saturated heterocycles. The van der Waals surface area contributed by atoms with E-state index in [9.17, 15) is 14.4 Å². The second kappa shape index (κ2) is 9.04. The summed E-state index contributed by atoms with van der Waals surface area (Å²) in [4.78, 5) is 45.8. The summed E-state index contributed by atoms with van der Waals surface area (Å²) in [5.41, 5.74) is 1.66. The molecule has 7 nitrogen and oxygen atoms in total. The summed E-state index contributed by atoms with van der Waals surface area (Å²) >= 11 is 0. The Labute approximate surface area is 182 Å². The summed E-state index contributed by atoms with van der Waals surface area (Å²) in [7, 11) is 0. The Morgan fingerprint density at radius 3 is 2.48 bits per heavy atom. The van der Waals surface area contributed by atoms with Crippen LogP contribution in [0.4, 0.5) is 5.69 Å². The standard InChI is InChI=1S/C24H30N4O3/c1-17(2)21-13-22(29)27(16-25-21)14-18-8-10-26(11-9-18)24(31)19-12-23(30)28(15-19)20-6-4-3-5-7-20/h3-7,13,16-19H,8-12,14-15H2,1-2H3. The van der Waals surface area contributed by atoms with Crippen molar-refractivity contribution >= 4 is 17.5 Å². The molecule has 2 aromatic rings. The van der Waals surface area contributed by atoms with E-state index in [2.05, 4.69) is 4.98 Å². The number of amides is 2. The van der Waals surface area contributed by atoms with Gasteiger partial charge in [0.05, 0.1) is 17.9 Å². The molecule has 2 aliphatic rings. The van der Waals surface area contributed by atoms with Gasteiger partial charge in [0.15, 0.2) is 0 Å². The van der Waals surface area contributed by atoms with E-state index in [0.29, 0.717) is 32.1 Å². The summed E-state index contributed by atoms with van der Waals surface area (Å²) in [6.45, 7) is 6.48. The summed E-state index contributed by atoms with van der Waals surface area (Å²) in [6.07, 6.45) is 3.63. The SMILES string of the molecule is CC(C)c1cc(=O)n(CC2CCN(C(=O)C3CC(=O)N(c4ccccc4)C3)CC2)cn1. The van der Waals surface area contributed by atoms with Crippen molar-refractivity contribution in [1.82, 2.24) is 14.5 Å².